The van der Waals surface area contributed by atoms with Crippen molar-refractivity contribution in [3.8, 4) is 0 Å². The molecule has 0 saturated carbocycles. The molecule has 0 aliphatic rings. The molecule has 0 radical (unpaired) electrons. The van der Waals surface area contributed by atoms with Crippen molar-refractivity contribution in [2.24, 2.45) is 0 Å². The summed E-state index contributed by atoms with van der Waals surface area (Å²) in [6.45, 7) is 4.85. The number of nitrogens with zero attached hydrogens (tertiary/aromatic N) is 3. The van der Waals surface area contributed by atoms with Gasteiger partial charge in [-0.05, 0) is 37.5 Å². The van der Waals surface area contributed by atoms with Gasteiger partial charge in [0.2, 0.25) is 0 Å². The highest BCUT2D eigenvalue weighted by molar-refractivity contribution is 6.33. The monoisotopic (exact) mass is 362 g/mol. The summed E-state index contributed by atoms with van der Waals surface area (Å²) >= 11 is 6.26. The van der Waals surface area contributed by atoms with Gasteiger partial charge in [-0.1, -0.05) is 30.7 Å². The summed E-state index contributed by atoms with van der Waals surface area (Å²) < 4.78 is 4.98. The van der Waals surface area contributed by atoms with Crippen molar-refractivity contribution in [2.45, 2.75) is 26.7 Å². The molecule has 1 amide bonds. The Balaban J connectivity index is 1.91. The number of hydrogen-bond donors (Lipinski definition) is 1. The molecule has 0 bridgehead atoms. The van der Waals surface area contributed by atoms with Crippen molar-refractivity contribution < 1.29 is 9.53 Å². The van der Waals surface area contributed by atoms with Gasteiger partial charge in [0.1, 0.15) is 17.2 Å². The van der Waals surface area contributed by atoms with Gasteiger partial charge in [-0.3, -0.25) is 4.90 Å². The third kappa shape index (κ3) is 5.06. The zero-order chi connectivity index (χ0) is 18.2. The first kappa shape index (κ1) is 19.0. The first-order valence-corrected chi connectivity index (χ1v) is 8.67. The minimum atomic E-state index is -0.359. The lowest BCUT2D eigenvalue weighted by Gasteiger charge is -2.17. The van der Waals surface area contributed by atoms with Gasteiger partial charge in [-0.2, -0.15) is 0 Å². The quantitative estimate of drug-likeness (QED) is 0.808. The molecule has 6 nitrogen and oxygen atoms in total. The average molecular weight is 363 g/mol. The van der Waals surface area contributed by atoms with Crippen LogP contribution >= 0.6 is 11.6 Å². The van der Waals surface area contributed by atoms with Gasteiger partial charge in [-0.25, -0.2) is 14.8 Å². The lowest BCUT2D eigenvalue weighted by atomic mass is 10.1. The van der Waals surface area contributed by atoms with Crippen LogP contribution in [0.5, 0.6) is 0 Å². The molecule has 0 aliphatic carbocycles. The van der Waals surface area contributed by atoms with Crippen LogP contribution in [-0.4, -0.2) is 36.3 Å². The Morgan fingerprint density at radius 3 is 2.60 bits per heavy atom. The summed E-state index contributed by atoms with van der Waals surface area (Å²) in [5.41, 5.74) is 2.78. The highest BCUT2D eigenvalue weighted by atomic mass is 35.5. The molecule has 1 aromatic carbocycles. The van der Waals surface area contributed by atoms with Crippen molar-refractivity contribution in [1.29, 1.82) is 0 Å². The molecule has 1 N–H and O–H groups in total. The van der Waals surface area contributed by atoms with Gasteiger partial charge in [0.15, 0.2) is 0 Å². The second-order valence-corrected chi connectivity index (χ2v) is 5.82. The first-order valence-electron chi connectivity index (χ1n) is 8.29. The van der Waals surface area contributed by atoms with Crippen molar-refractivity contribution in [3.05, 3.63) is 46.9 Å². The fourth-order valence-electron chi connectivity index (χ4n) is 2.31. The number of halogens is 1. The summed E-state index contributed by atoms with van der Waals surface area (Å²) in [4.78, 5) is 21.5. The molecule has 0 saturated heterocycles. The van der Waals surface area contributed by atoms with E-state index in [2.05, 4.69) is 15.3 Å². The Hall–Kier alpha value is -2.34. The Labute approximate surface area is 153 Å². The van der Waals surface area contributed by atoms with E-state index in [4.69, 9.17) is 16.3 Å². The minimum absolute atomic E-state index is 0.359. The van der Waals surface area contributed by atoms with Crippen molar-refractivity contribution >= 4 is 29.2 Å². The lowest BCUT2D eigenvalue weighted by molar-refractivity contribution is 0.161. The fourth-order valence-corrected chi connectivity index (χ4v) is 2.61. The maximum Gasteiger partial charge on any atom is 0.413 e. The molecule has 0 fully saturated rings. The topological polar surface area (TPSA) is 67.3 Å². The predicted molar refractivity (Wildman–Crippen MR) is 100 cm³/mol. The second-order valence-electron chi connectivity index (χ2n) is 5.44. The SMILES string of the molecule is CCOC(=O)N(C)c1ccc(CCNc2ncnc(CC)c2Cl)cc1. The standard InChI is InChI=1S/C18H23ClN4O2/c1-4-15-16(19)17(22-12-21-15)20-11-10-13-6-8-14(9-7-13)23(3)18(24)25-5-2/h6-9,12H,4-5,10-11H2,1-3H3,(H,20,21,22). The maximum absolute atomic E-state index is 11.7. The largest absolute Gasteiger partial charge is 0.449 e. The molecule has 25 heavy (non-hydrogen) atoms. The van der Waals surface area contributed by atoms with Crippen LogP contribution in [0, 0.1) is 0 Å². The van der Waals surface area contributed by atoms with E-state index in [1.165, 1.54) is 11.2 Å². The van der Waals surface area contributed by atoms with Crippen LogP contribution in [0.3, 0.4) is 0 Å². The Bertz CT molecular complexity index is 707. The number of carbonyl (C=O) groups is 1. The van der Waals surface area contributed by atoms with E-state index in [9.17, 15) is 4.79 Å². The number of anilines is 2. The molecule has 0 unspecified atom stereocenters. The van der Waals surface area contributed by atoms with Crippen LogP contribution in [0.15, 0.2) is 30.6 Å². The van der Waals surface area contributed by atoms with E-state index >= 15 is 0 Å². The number of benzene rings is 1. The lowest BCUT2D eigenvalue weighted by Crippen LogP contribution is -2.26. The number of ether oxygens (including phenoxy) is 1. The molecule has 0 aliphatic heterocycles. The molecule has 134 valence electrons. The molecule has 1 aromatic heterocycles. The zero-order valence-electron chi connectivity index (χ0n) is 14.8. The van der Waals surface area contributed by atoms with Crippen molar-refractivity contribution in [3.63, 3.8) is 0 Å². The van der Waals surface area contributed by atoms with E-state index in [-0.39, 0.29) is 6.09 Å². The number of nitrogens with one attached hydrogen (secondary N) is 1. The van der Waals surface area contributed by atoms with Crippen molar-refractivity contribution in [2.75, 3.05) is 30.4 Å². The molecule has 0 spiro atoms. The molecule has 2 rings (SSSR count). The highest BCUT2D eigenvalue weighted by Crippen LogP contribution is 2.22. The highest BCUT2D eigenvalue weighted by Gasteiger charge is 2.11. The summed E-state index contributed by atoms with van der Waals surface area (Å²) in [7, 11) is 1.69. The van der Waals surface area contributed by atoms with E-state index in [0.717, 1.165) is 29.8 Å². The summed E-state index contributed by atoms with van der Waals surface area (Å²) in [6, 6.07) is 7.79. The third-order valence-electron chi connectivity index (χ3n) is 3.77. The van der Waals surface area contributed by atoms with Crippen LogP contribution in [0.4, 0.5) is 16.3 Å². The second kappa shape index (κ2) is 9.22. The average Bonchev–Trinajstić information content (AvgIpc) is 2.63. The summed E-state index contributed by atoms with van der Waals surface area (Å²) in [5.74, 6) is 0.659. The third-order valence-corrected chi connectivity index (χ3v) is 4.17. The van der Waals surface area contributed by atoms with Gasteiger partial charge in [0, 0.05) is 19.3 Å². The van der Waals surface area contributed by atoms with Gasteiger partial charge in [0.05, 0.1) is 12.3 Å². The normalized spacial score (nSPS) is 10.4. The smallest absolute Gasteiger partial charge is 0.413 e. The Kier molecular flexibility index (Phi) is 7.01. The van der Waals surface area contributed by atoms with Crippen LogP contribution in [0.1, 0.15) is 25.1 Å². The molecule has 1 heterocycles. The molecule has 0 atom stereocenters. The molecule has 2 aromatic rings. The number of hydrogen-bond acceptors (Lipinski definition) is 5. The Morgan fingerprint density at radius 2 is 1.96 bits per heavy atom. The molecule has 7 heteroatoms. The van der Waals surface area contributed by atoms with Crippen molar-refractivity contribution in [1.82, 2.24) is 9.97 Å². The number of amides is 1. The van der Waals surface area contributed by atoms with E-state index in [1.807, 2.05) is 31.2 Å². The van der Waals surface area contributed by atoms with Gasteiger partial charge in [0.25, 0.3) is 0 Å². The minimum Gasteiger partial charge on any atom is -0.449 e. The summed E-state index contributed by atoms with van der Waals surface area (Å²) in [6.07, 6.45) is 2.74. The van der Waals surface area contributed by atoms with Gasteiger partial charge in [-0.15, -0.1) is 0 Å². The fraction of sp³-hybridized carbons (Fsp3) is 0.389. The molecular weight excluding hydrogens is 340 g/mol. The zero-order valence-corrected chi connectivity index (χ0v) is 15.5. The number of carbonyl (C=O) groups excluding carboxylic acids is 1. The van der Waals surface area contributed by atoms with Crippen LogP contribution in [0.2, 0.25) is 5.02 Å². The van der Waals surface area contributed by atoms with Gasteiger partial charge < -0.3 is 10.1 Å². The first-order chi connectivity index (χ1) is 12.1. The van der Waals surface area contributed by atoms with Crippen LogP contribution in [-0.2, 0) is 17.6 Å². The number of aromatic nitrogens is 2. The number of rotatable bonds is 7. The van der Waals surface area contributed by atoms with Crippen LogP contribution in [0.25, 0.3) is 0 Å². The Morgan fingerprint density at radius 1 is 1.24 bits per heavy atom. The number of aryl methyl sites for hydroxylation is 1. The summed E-state index contributed by atoms with van der Waals surface area (Å²) in [5, 5.41) is 3.82. The van der Waals surface area contributed by atoms with Crippen LogP contribution < -0.4 is 10.2 Å². The maximum atomic E-state index is 11.7. The van der Waals surface area contributed by atoms with E-state index in [1.54, 1.807) is 14.0 Å². The van der Waals surface area contributed by atoms with E-state index < -0.39 is 0 Å². The predicted octanol–water partition coefficient (Wildman–Crippen LogP) is 3.94. The van der Waals surface area contributed by atoms with Gasteiger partial charge >= 0.3 is 6.09 Å². The molecular formula is C18H23ClN4O2. The van der Waals surface area contributed by atoms with E-state index in [0.29, 0.717) is 24.0 Å².